The van der Waals surface area contributed by atoms with Crippen LogP contribution in [0.1, 0.15) is 29.9 Å². The van der Waals surface area contributed by atoms with Crippen LogP contribution in [-0.2, 0) is 16.6 Å². The molecule has 0 aliphatic rings. The summed E-state index contributed by atoms with van der Waals surface area (Å²) in [6.45, 7) is 5.46. The van der Waals surface area contributed by atoms with E-state index in [1.807, 2.05) is 6.92 Å². The first-order chi connectivity index (χ1) is 8.29. The van der Waals surface area contributed by atoms with Gasteiger partial charge in [0.1, 0.15) is 0 Å². The second-order valence-corrected chi connectivity index (χ2v) is 4.83. The van der Waals surface area contributed by atoms with Crippen LogP contribution in [0.2, 0.25) is 0 Å². The van der Waals surface area contributed by atoms with Crippen LogP contribution in [0.5, 0.6) is 0 Å². The molecular formula is C12H19N3O3. The van der Waals surface area contributed by atoms with Crippen LogP contribution >= 0.6 is 0 Å². The van der Waals surface area contributed by atoms with Gasteiger partial charge in [0.05, 0.1) is 24.3 Å². The molecule has 0 bridgehead atoms. The number of nitrogens with one attached hydrogen (secondary N) is 1. The standard InChI is InChI=1S/C12H19N3O3/c1-8-9(6-14-15(8)4)10(16)13-7-12(2,3)11(17)18-5/h6H,7H2,1-5H3,(H,13,16). The van der Waals surface area contributed by atoms with Gasteiger partial charge in [-0.3, -0.25) is 14.3 Å². The highest BCUT2D eigenvalue weighted by atomic mass is 16.5. The number of methoxy groups -OCH3 is 1. The van der Waals surface area contributed by atoms with Crippen molar-refractivity contribution in [1.29, 1.82) is 0 Å². The Hall–Kier alpha value is -1.85. The quantitative estimate of drug-likeness (QED) is 0.800. The Morgan fingerprint density at radius 3 is 2.56 bits per heavy atom. The van der Waals surface area contributed by atoms with Crippen molar-refractivity contribution in [2.45, 2.75) is 20.8 Å². The Morgan fingerprint density at radius 2 is 2.11 bits per heavy atom. The largest absolute Gasteiger partial charge is 0.469 e. The number of amides is 1. The lowest BCUT2D eigenvalue weighted by Crippen LogP contribution is -2.39. The van der Waals surface area contributed by atoms with E-state index in [2.05, 4.69) is 15.2 Å². The number of rotatable bonds is 4. The minimum absolute atomic E-state index is 0.215. The van der Waals surface area contributed by atoms with Crippen molar-refractivity contribution in [3.8, 4) is 0 Å². The highest BCUT2D eigenvalue weighted by Crippen LogP contribution is 2.16. The molecule has 1 rings (SSSR count). The average molecular weight is 253 g/mol. The molecule has 0 atom stereocenters. The maximum atomic E-state index is 11.9. The van der Waals surface area contributed by atoms with Gasteiger partial charge in [-0.25, -0.2) is 0 Å². The van der Waals surface area contributed by atoms with Crippen molar-refractivity contribution in [1.82, 2.24) is 15.1 Å². The van der Waals surface area contributed by atoms with Crippen LogP contribution in [0.4, 0.5) is 0 Å². The molecule has 1 amide bonds. The van der Waals surface area contributed by atoms with Crippen molar-refractivity contribution < 1.29 is 14.3 Å². The van der Waals surface area contributed by atoms with E-state index in [1.165, 1.54) is 13.3 Å². The van der Waals surface area contributed by atoms with Gasteiger partial charge in [0, 0.05) is 19.3 Å². The van der Waals surface area contributed by atoms with Gasteiger partial charge >= 0.3 is 5.97 Å². The second-order valence-electron chi connectivity index (χ2n) is 4.83. The Bertz CT molecular complexity index is 463. The monoisotopic (exact) mass is 253 g/mol. The van der Waals surface area contributed by atoms with Gasteiger partial charge in [-0.15, -0.1) is 0 Å². The highest BCUT2D eigenvalue weighted by molar-refractivity contribution is 5.95. The third-order valence-electron chi connectivity index (χ3n) is 2.91. The second kappa shape index (κ2) is 5.20. The number of hydrogen-bond acceptors (Lipinski definition) is 4. The zero-order valence-electron chi connectivity index (χ0n) is 11.4. The van der Waals surface area contributed by atoms with E-state index in [0.29, 0.717) is 5.56 Å². The smallest absolute Gasteiger partial charge is 0.313 e. The van der Waals surface area contributed by atoms with Gasteiger partial charge in [-0.05, 0) is 20.8 Å². The van der Waals surface area contributed by atoms with Gasteiger partial charge in [0.25, 0.3) is 5.91 Å². The van der Waals surface area contributed by atoms with Crippen LogP contribution < -0.4 is 5.32 Å². The maximum Gasteiger partial charge on any atom is 0.313 e. The summed E-state index contributed by atoms with van der Waals surface area (Å²) < 4.78 is 6.30. The lowest BCUT2D eigenvalue weighted by Gasteiger charge is -2.21. The molecule has 6 nitrogen and oxygen atoms in total. The Balaban J connectivity index is 2.67. The van der Waals surface area contributed by atoms with E-state index in [0.717, 1.165) is 5.69 Å². The normalized spacial score (nSPS) is 11.2. The third-order valence-corrected chi connectivity index (χ3v) is 2.91. The number of aryl methyl sites for hydroxylation is 1. The van der Waals surface area contributed by atoms with Crippen molar-refractivity contribution in [3.05, 3.63) is 17.5 Å². The molecule has 6 heteroatoms. The first kappa shape index (κ1) is 14.2. The highest BCUT2D eigenvalue weighted by Gasteiger charge is 2.29. The molecule has 0 spiro atoms. The van der Waals surface area contributed by atoms with Gasteiger partial charge in [0.2, 0.25) is 0 Å². The molecule has 1 aromatic heterocycles. The summed E-state index contributed by atoms with van der Waals surface area (Å²) in [7, 11) is 3.10. The van der Waals surface area contributed by atoms with E-state index in [9.17, 15) is 9.59 Å². The molecule has 1 N–H and O–H groups in total. The van der Waals surface area contributed by atoms with Crippen LogP contribution in [0, 0.1) is 12.3 Å². The van der Waals surface area contributed by atoms with Gasteiger partial charge in [0.15, 0.2) is 0 Å². The van der Waals surface area contributed by atoms with E-state index < -0.39 is 5.41 Å². The third kappa shape index (κ3) is 2.88. The van der Waals surface area contributed by atoms with Gasteiger partial charge in [-0.2, -0.15) is 5.10 Å². The van der Waals surface area contributed by atoms with Crippen LogP contribution in [0.25, 0.3) is 0 Å². The summed E-state index contributed by atoms with van der Waals surface area (Å²) >= 11 is 0. The van der Waals surface area contributed by atoms with Crippen LogP contribution in [0.15, 0.2) is 6.20 Å². The zero-order chi connectivity index (χ0) is 13.9. The summed E-state index contributed by atoms with van der Waals surface area (Å²) in [6, 6.07) is 0. The number of hydrogen-bond donors (Lipinski definition) is 1. The molecule has 0 aliphatic heterocycles. The molecule has 0 saturated carbocycles. The number of aromatic nitrogens is 2. The van der Waals surface area contributed by atoms with Crippen molar-refractivity contribution in [2.75, 3.05) is 13.7 Å². The van der Waals surface area contributed by atoms with Crippen molar-refractivity contribution in [2.24, 2.45) is 12.5 Å². The first-order valence-corrected chi connectivity index (χ1v) is 5.65. The molecular weight excluding hydrogens is 234 g/mol. The number of esters is 1. The average Bonchev–Trinajstić information content (AvgIpc) is 2.66. The molecule has 1 aromatic rings. The molecule has 1 heterocycles. The molecule has 0 unspecified atom stereocenters. The predicted molar refractivity (Wildman–Crippen MR) is 66.1 cm³/mol. The van der Waals surface area contributed by atoms with Gasteiger partial charge < -0.3 is 10.1 Å². The molecule has 18 heavy (non-hydrogen) atoms. The Labute approximate surface area is 106 Å². The molecule has 0 aromatic carbocycles. The molecule has 100 valence electrons. The fourth-order valence-corrected chi connectivity index (χ4v) is 1.47. The minimum Gasteiger partial charge on any atom is -0.469 e. The van der Waals surface area contributed by atoms with Crippen LogP contribution in [-0.4, -0.2) is 35.3 Å². The number of nitrogens with zero attached hydrogens (tertiary/aromatic N) is 2. The fraction of sp³-hybridized carbons (Fsp3) is 0.583. The summed E-state index contributed by atoms with van der Waals surface area (Å²) in [6.07, 6.45) is 1.51. The van der Waals surface area contributed by atoms with Gasteiger partial charge in [-0.1, -0.05) is 0 Å². The number of ether oxygens (including phenoxy) is 1. The van der Waals surface area contributed by atoms with Crippen LogP contribution in [0.3, 0.4) is 0 Å². The predicted octanol–water partition coefficient (Wildman–Crippen LogP) is 0.658. The summed E-state index contributed by atoms with van der Waals surface area (Å²) in [5.74, 6) is -0.594. The number of carbonyl (C=O) groups excluding carboxylic acids is 2. The topological polar surface area (TPSA) is 73.2 Å². The van der Waals surface area contributed by atoms with E-state index >= 15 is 0 Å². The minimum atomic E-state index is -0.749. The fourth-order valence-electron chi connectivity index (χ4n) is 1.47. The van der Waals surface area contributed by atoms with E-state index in [1.54, 1.807) is 25.6 Å². The summed E-state index contributed by atoms with van der Waals surface area (Å²) in [4.78, 5) is 23.4. The van der Waals surface area contributed by atoms with E-state index in [4.69, 9.17) is 0 Å². The molecule has 0 fully saturated rings. The summed E-state index contributed by atoms with van der Waals surface area (Å²) in [5, 5.41) is 6.71. The lowest BCUT2D eigenvalue weighted by molar-refractivity contribution is -0.150. The molecule has 0 radical (unpaired) electrons. The number of carbonyl (C=O) groups is 2. The zero-order valence-corrected chi connectivity index (χ0v) is 11.4. The summed E-state index contributed by atoms with van der Waals surface area (Å²) in [5.41, 5.74) is 0.544. The van der Waals surface area contributed by atoms with E-state index in [-0.39, 0.29) is 18.4 Å². The first-order valence-electron chi connectivity index (χ1n) is 5.65. The Morgan fingerprint density at radius 1 is 1.50 bits per heavy atom. The molecule has 0 saturated heterocycles. The lowest BCUT2D eigenvalue weighted by atomic mass is 9.93. The Kier molecular flexibility index (Phi) is 4.11. The van der Waals surface area contributed by atoms with Crippen molar-refractivity contribution in [3.63, 3.8) is 0 Å². The molecule has 0 aliphatic carbocycles. The maximum absolute atomic E-state index is 11.9. The van der Waals surface area contributed by atoms with Crippen molar-refractivity contribution >= 4 is 11.9 Å². The SMILES string of the molecule is COC(=O)C(C)(C)CNC(=O)c1cnn(C)c1C.